The third-order valence-corrected chi connectivity index (χ3v) is 3.98. The summed E-state index contributed by atoms with van der Waals surface area (Å²) in [5.74, 6) is -0.507. The second kappa shape index (κ2) is 5.87. The molecule has 102 valence electrons. The van der Waals surface area contributed by atoms with Crippen LogP contribution < -0.4 is 5.73 Å². The predicted molar refractivity (Wildman–Crippen MR) is 71.9 cm³/mol. The molecule has 3 N–H and O–H groups in total. The molecule has 0 radical (unpaired) electrons. The number of carbonyl (C=O) groups is 2. The Balaban J connectivity index is 2.05. The molecule has 1 aliphatic rings. The van der Waals surface area contributed by atoms with Crippen LogP contribution in [0.25, 0.3) is 0 Å². The maximum absolute atomic E-state index is 11.4. The number of carbonyl (C=O) groups excluding carboxylic acids is 1. The van der Waals surface area contributed by atoms with Crippen molar-refractivity contribution in [1.29, 1.82) is 0 Å². The summed E-state index contributed by atoms with van der Waals surface area (Å²) in [5.41, 5.74) is 7.02. The molecule has 0 saturated heterocycles. The minimum atomic E-state index is -0.721. The van der Waals surface area contributed by atoms with E-state index in [2.05, 4.69) is 0 Å². The number of primary amides is 1. The fraction of sp³-hybridized carbons (Fsp3) is 0.467. The van der Waals surface area contributed by atoms with Crippen molar-refractivity contribution >= 4 is 11.9 Å². The average molecular weight is 261 g/mol. The minimum absolute atomic E-state index is 0.254. The van der Waals surface area contributed by atoms with Crippen LogP contribution in [-0.2, 0) is 4.79 Å². The molecule has 1 saturated carbocycles. The number of carboxylic acids is 1. The predicted octanol–water partition coefficient (Wildman–Crippen LogP) is 2.53. The van der Waals surface area contributed by atoms with Crippen molar-refractivity contribution in [3.8, 4) is 0 Å². The number of rotatable bonds is 4. The monoisotopic (exact) mass is 261 g/mol. The first-order valence-electron chi connectivity index (χ1n) is 6.68. The lowest BCUT2D eigenvalue weighted by atomic mass is 9.76. The molecule has 4 nitrogen and oxygen atoms in total. The summed E-state index contributed by atoms with van der Waals surface area (Å²) in [5, 5.41) is 8.80. The lowest BCUT2D eigenvalue weighted by Crippen LogP contribution is -2.20. The number of nitrogens with two attached hydrogens (primary N) is 1. The molecule has 0 atom stereocenters. The van der Waals surface area contributed by atoms with Crippen LogP contribution in [0.3, 0.4) is 0 Å². The van der Waals surface area contributed by atoms with E-state index >= 15 is 0 Å². The highest BCUT2D eigenvalue weighted by molar-refractivity contribution is 5.94. The van der Waals surface area contributed by atoms with Crippen molar-refractivity contribution in [2.24, 2.45) is 11.7 Å². The summed E-state index contributed by atoms with van der Waals surface area (Å²) in [6.45, 7) is 0. The molecule has 0 aliphatic heterocycles. The van der Waals surface area contributed by atoms with Gasteiger partial charge in [0.2, 0.25) is 5.91 Å². The highest BCUT2D eigenvalue weighted by Gasteiger charge is 2.25. The van der Waals surface area contributed by atoms with Gasteiger partial charge in [-0.25, -0.2) is 0 Å². The van der Waals surface area contributed by atoms with Crippen molar-refractivity contribution in [3.05, 3.63) is 35.4 Å². The number of aliphatic carboxylic acids is 1. The number of benzene rings is 1. The number of hydrogen-bond donors (Lipinski definition) is 2. The smallest absolute Gasteiger partial charge is 0.303 e. The highest BCUT2D eigenvalue weighted by Crippen LogP contribution is 2.38. The van der Waals surface area contributed by atoms with Gasteiger partial charge in [-0.15, -0.1) is 0 Å². The molecular weight excluding hydrogens is 242 g/mol. The molecule has 1 amide bonds. The maximum atomic E-state index is 11.4. The van der Waals surface area contributed by atoms with Crippen LogP contribution in [0.15, 0.2) is 24.3 Å². The summed E-state index contributed by atoms with van der Waals surface area (Å²) in [6.07, 6.45) is 3.93. The Morgan fingerprint density at radius 2 is 1.79 bits per heavy atom. The Morgan fingerprint density at radius 3 is 2.37 bits per heavy atom. The van der Waals surface area contributed by atoms with E-state index in [1.54, 1.807) is 6.07 Å². The van der Waals surface area contributed by atoms with E-state index in [0.717, 1.165) is 31.2 Å². The Bertz CT molecular complexity index is 476. The van der Waals surface area contributed by atoms with Gasteiger partial charge in [0.25, 0.3) is 0 Å². The van der Waals surface area contributed by atoms with Gasteiger partial charge in [0.15, 0.2) is 0 Å². The summed E-state index contributed by atoms with van der Waals surface area (Å²) in [4.78, 5) is 22.1. The highest BCUT2D eigenvalue weighted by atomic mass is 16.4. The Labute approximate surface area is 112 Å². The van der Waals surface area contributed by atoms with Crippen molar-refractivity contribution in [1.82, 2.24) is 0 Å². The van der Waals surface area contributed by atoms with Crippen LogP contribution >= 0.6 is 0 Å². The van der Waals surface area contributed by atoms with E-state index in [4.69, 9.17) is 10.8 Å². The third-order valence-electron chi connectivity index (χ3n) is 3.98. The van der Waals surface area contributed by atoms with E-state index in [9.17, 15) is 9.59 Å². The summed E-state index contributed by atoms with van der Waals surface area (Å²) < 4.78 is 0. The molecular formula is C15H19NO3. The zero-order valence-corrected chi connectivity index (χ0v) is 10.8. The van der Waals surface area contributed by atoms with Crippen LogP contribution in [-0.4, -0.2) is 17.0 Å². The quantitative estimate of drug-likeness (QED) is 0.874. The van der Waals surface area contributed by atoms with E-state index in [1.165, 1.54) is 0 Å². The lowest BCUT2D eigenvalue weighted by Gasteiger charge is -2.28. The number of carboxylic acid groups (broad SMARTS) is 1. The van der Waals surface area contributed by atoms with Gasteiger partial charge < -0.3 is 10.8 Å². The number of hydrogen-bond acceptors (Lipinski definition) is 2. The number of amides is 1. The van der Waals surface area contributed by atoms with Gasteiger partial charge in [0.05, 0.1) is 0 Å². The van der Waals surface area contributed by atoms with E-state index in [-0.39, 0.29) is 18.2 Å². The summed E-state index contributed by atoms with van der Waals surface area (Å²) in [6, 6.07) is 7.47. The summed E-state index contributed by atoms with van der Waals surface area (Å²) >= 11 is 0. The van der Waals surface area contributed by atoms with Gasteiger partial charge in [0, 0.05) is 12.0 Å². The van der Waals surface area contributed by atoms with Gasteiger partial charge in [-0.1, -0.05) is 18.2 Å². The molecule has 1 aromatic rings. The fourth-order valence-corrected chi connectivity index (χ4v) is 3.00. The van der Waals surface area contributed by atoms with Crippen LogP contribution in [0.4, 0.5) is 0 Å². The molecule has 1 aromatic carbocycles. The fourth-order valence-electron chi connectivity index (χ4n) is 3.00. The SMILES string of the molecule is NC(=O)c1ccccc1C1CCC(CC(=O)O)CC1. The van der Waals surface area contributed by atoms with Gasteiger partial charge in [-0.05, 0) is 49.1 Å². The molecule has 2 rings (SSSR count). The van der Waals surface area contributed by atoms with Crippen molar-refractivity contribution in [3.63, 3.8) is 0 Å². The molecule has 4 heteroatoms. The van der Waals surface area contributed by atoms with Gasteiger partial charge in [-0.3, -0.25) is 9.59 Å². The minimum Gasteiger partial charge on any atom is -0.481 e. The molecule has 0 bridgehead atoms. The molecule has 0 aromatic heterocycles. The first kappa shape index (κ1) is 13.6. The molecule has 1 aliphatic carbocycles. The largest absolute Gasteiger partial charge is 0.481 e. The molecule has 1 fully saturated rings. The van der Waals surface area contributed by atoms with E-state index < -0.39 is 5.97 Å². The van der Waals surface area contributed by atoms with Gasteiger partial charge >= 0.3 is 5.97 Å². The molecule has 0 unspecified atom stereocenters. The van der Waals surface area contributed by atoms with E-state index in [0.29, 0.717) is 11.5 Å². The second-order valence-corrected chi connectivity index (χ2v) is 5.27. The zero-order chi connectivity index (χ0) is 13.8. The van der Waals surface area contributed by atoms with Gasteiger partial charge in [0.1, 0.15) is 0 Å². The van der Waals surface area contributed by atoms with Crippen LogP contribution in [0.1, 0.15) is 53.9 Å². The molecule has 0 spiro atoms. The molecule has 0 heterocycles. The normalized spacial score (nSPS) is 22.9. The Hall–Kier alpha value is -1.84. The van der Waals surface area contributed by atoms with E-state index in [1.807, 2.05) is 18.2 Å². The van der Waals surface area contributed by atoms with Crippen molar-refractivity contribution < 1.29 is 14.7 Å². The topological polar surface area (TPSA) is 80.4 Å². The molecule has 19 heavy (non-hydrogen) atoms. The Morgan fingerprint density at radius 1 is 1.16 bits per heavy atom. The van der Waals surface area contributed by atoms with Crippen LogP contribution in [0, 0.1) is 5.92 Å². The summed E-state index contributed by atoms with van der Waals surface area (Å²) in [7, 11) is 0. The van der Waals surface area contributed by atoms with Crippen LogP contribution in [0.5, 0.6) is 0 Å². The van der Waals surface area contributed by atoms with Crippen molar-refractivity contribution in [2.45, 2.75) is 38.0 Å². The maximum Gasteiger partial charge on any atom is 0.303 e. The Kier molecular flexibility index (Phi) is 4.20. The van der Waals surface area contributed by atoms with Crippen LogP contribution in [0.2, 0.25) is 0 Å². The average Bonchev–Trinajstić information content (AvgIpc) is 2.39. The first-order chi connectivity index (χ1) is 9.08. The lowest BCUT2D eigenvalue weighted by molar-refractivity contribution is -0.138. The standard InChI is InChI=1S/C15H19NO3/c16-15(19)13-4-2-1-3-12(13)11-7-5-10(6-8-11)9-14(17)18/h1-4,10-11H,5-9H2,(H2,16,19)(H,17,18). The first-order valence-corrected chi connectivity index (χ1v) is 6.68. The zero-order valence-electron chi connectivity index (χ0n) is 10.8. The second-order valence-electron chi connectivity index (χ2n) is 5.27. The van der Waals surface area contributed by atoms with Gasteiger partial charge in [-0.2, -0.15) is 0 Å². The van der Waals surface area contributed by atoms with Crippen molar-refractivity contribution in [2.75, 3.05) is 0 Å². The third kappa shape index (κ3) is 3.34.